The van der Waals surface area contributed by atoms with Crippen LogP contribution >= 0.6 is 22.7 Å². The van der Waals surface area contributed by atoms with E-state index in [2.05, 4.69) is 10.7 Å². The molecule has 110 valence electrons. The quantitative estimate of drug-likeness (QED) is 0.803. The van der Waals surface area contributed by atoms with Gasteiger partial charge in [0.2, 0.25) is 0 Å². The van der Waals surface area contributed by atoms with Crippen LogP contribution in [0.25, 0.3) is 6.08 Å². The van der Waals surface area contributed by atoms with Crippen LogP contribution in [0.4, 0.5) is 0 Å². The van der Waals surface area contributed by atoms with Crippen molar-refractivity contribution in [1.29, 1.82) is 0 Å². The molecule has 0 fully saturated rings. The molecule has 0 atom stereocenters. The second kappa shape index (κ2) is 7.19. The van der Waals surface area contributed by atoms with Gasteiger partial charge >= 0.3 is 5.97 Å². The number of carbonyl (C=O) groups is 2. The SMILES string of the molecule is Cc1cc(C(=O)NCCc2ccsc2)sc1/C=C/C(=O)O. The van der Waals surface area contributed by atoms with Crippen LogP contribution in [0.3, 0.4) is 0 Å². The van der Waals surface area contributed by atoms with E-state index in [1.54, 1.807) is 17.4 Å². The maximum atomic E-state index is 12.0. The lowest BCUT2D eigenvalue weighted by Crippen LogP contribution is -2.24. The van der Waals surface area contributed by atoms with Gasteiger partial charge in [-0.3, -0.25) is 4.79 Å². The van der Waals surface area contributed by atoms with Gasteiger partial charge in [0.15, 0.2) is 0 Å². The van der Waals surface area contributed by atoms with Crippen molar-refractivity contribution < 1.29 is 14.7 Å². The summed E-state index contributed by atoms with van der Waals surface area (Å²) in [6, 6.07) is 3.83. The molecule has 0 spiro atoms. The van der Waals surface area contributed by atoms with E-state index in [1.807, 2.05) is 18.4 Å². The first kappa shape index (κ1) is 15.5. The zero-order chi connectivity index (χ0) is 15.2. The monoisotopic (exact) mass is 321 g/mol. The van der Waals surface area contributed by atoms with Crippen molar-refractivity contribution in [3.63, 3.8) is 0 Å². The average molecular weight is 321 g/mol. The van der Waals surface area contributed by atoms with Gasteiger partial charge in [0, 0.05) is 17.5 Å². The number of nitrogens with one attached hydrogen (secondary N) is 1. The van der Waals surface area contributed by atoms with Crippen LogP contribution in [0.5, 0.6) is 0 Å². The molecule has 2 heterocycles. The third-order valence-corrected chi connectivity index (χ3v) is 4.77. The fraction of sp³-hybridized carbons (Fsp3) is 0.200. The topological polar surface area (TPSA) is 66.4 Å². The van der Waals surface area contributed by atoms with Gasteiger partial charge in [0.05, 0.1) is 4.88 Å². The second-order valence-electron chi connectivity index (χ2n) is 4.47. The first-order chi connectivity index (χ1) is 10.1. The minimum Gasteiger partial charge on any atom is -0.478 e. The van der Waals surface area contributed by atoms with Crippen molar-refractivity contribution in [2.75, 3.05) is 6.54 Å². The van der Waals surface area contributed by atoms with Gasteiger partial charge in [-0.25, -0.2) is 4.79 Å². The van der Waals surface area contributed by atoms with Crippen LogP contribution in [0.15, 0.2) is 29.0 Å². The molecule has 0 saturated carbocycles. The van der Waals surface area contributed by atoms with Gasteiger partial charge in [-0.2, -0.15) is 11.3 Å². The summed E-state index contributed by atoms with van der Waals surface area (Å²) in [5, 5.41) is 15.6. The molecular weight excluding hydrogens is 306 g/mol. The number of amides is 1. The molecular formula is C15H15NO3S2. The number of thiophene rings is 2. The van der Waals surface area contributed by atoms with Gasteiger partial charge < -0.3 is 10.4 Å². The molecule has 0 aliphatic rings. The zero-order valence-corrected chi connectivity index (χ0v) is 13.1. The van der Waals surface area contributed by atoms with Gasteiger partial charge in [0.25, 0.3) is 5.91 Å². The molecule has 2 rings (SSSR count). The Balaban J connectivity index is 1.93. The molecule has 2 N–H and O–H groups in total. The van der Waals surface area contributed by atoms with Gasteiger partial charge in [0.1, 0.15) is 0 Å². The van der Waals surface area contributed by atoms with Crippen molar-refractivity contribution in [1.82, 2.24) is 5.32 Å². The summed E-state index contributed by atoms with van der Waals surface area (Å²) < 4.78 is 0. The molecule has 21 heavy (non-hydrogen) atoms. The van der Waals surface area contributed by atoms with Crippen molar-refractivity contribution in [2.24, 2.45) is 0 Å². The van der Waals surface area contributed by atoms with E-state index in [9.17, 15) is 9.59 Å². The molecule has 0 saturated heterocycles. The van der Waals surface area contributed by atoms with Crippen molar-refractivity contribution >= 4 is 40.6 Å². The summed E-state index contributed by atoms with van der Waals surface area (Å²) in [5.41, 5.74) is 2.12. The molecule has 4 nitrogen and oxygen atoms in total. The number of hydrogen-bond acceptors (Lipinski definition) is 4. The van der Waals surface area contributed by atoms with Gasteiger partial charge in [-0.15, -0.1) is 11.3 Å². The lowest BCUT2D eigenvalue weighted by atomic mass is 10.2. The molecule has 0 aliphatic heterocycles. The third-order valence-electron chi connectivity index (χ3n) is 2.84. The maximum absolute atomic E-state index is 12.0. The van der Waals surface area contributed by atoms with Crippen LogP contribution in [-0.4, -0.2) is 23.5 Å². The van der Waals surface area contributed by atoms with E-state index in [1.165, 1.54) is 23.0 Å². The predicted molar refractivity (Wildman–Crippen MR) is 86.1 cm³/mol. The maximum Gasteiger partial charge on any atom is 0.328 e. The zero-order valence-electron chi connectivity index (χ0n) is 11.5. The first-order valence-corrected chi connectivity index (χ1v) is 8.13. The van der Waals surface area contributed by atoms with Crippen molar-refractivity contribution in [3.8, 4) is 0 Å². The largest absolute Gasteiger partial charge is 0.478 e. The number of carboxylic acids is 1. The first-order valence-electron chi connectivity index (χ1n) is 6.37. The highest BCUT2D eigenvalue weighted by Crippen LogP contribution is 2.23. The summed E-state index contributed by atoms with van der Waals surface area (Å²) in [6.45, 7) is 2.45. The number of hydrogen-bond donors (Lipinski definition) is 2. The Labute approximate surface area is 130 Å². The van der Waals surface area contributed by atoms with Crippen LogP contribution in [0.2, 0.25) is 0 Å². The fourth-order valence-electron chi connectivity index (χ4n) is 1.76. The summed E-state index contributed by atoms with van der Waals surface area (Å²) in [7, 11) is 0. The summed E-state index contributed by atoms with van der Waals surface area (Å²) in [4.78, 5) is 23.9. The van der Waals surface area contributed by atoms with E-state index in [4.69, 9.17) is 5.11 Å². The average Bonchev–Trinajstić information content (AvgIpc) is 3.06. The lowest BCUT2D eigenvalue weighted by Gasteiger charge is -2.01. The minimum absolute atomic E-state index is 0.117. The molecule has 0 unspecified atom stereocenters. The molecule has 2 aromatic heterocycles. The summed E-state index contributed by atoms with van der Waals surface area (Å²) in [5.74, 6) is -1.11. The molecule has 0 radical (unpaired) electrons. The molecule has 1 amide bonds. The van der Waals surface area contributed by atoms with Gasteiger partial charge in [-0.1, -0.05) is 0 Å². The van der Waals surface area contributed by atoms with Crippen molar-refractivity contribution in [2.45, 2.75) is 13.3 Å². The highest BCUT2D eigenvalue weighted by Gasteiger charge is 2.11. The van der Waals surface area contributed by atoms with Crippen LogP contribution < -0.4 is 5.32 Å². The van der Waals surface area contributed by atoms with E-state index >= 15 is 0 Å². The summed E-state index contributed by atoms with van der Waals surface area (Å²) >= 11 is 2.94. The van der Waals surface area contributed by atoms with E-state index in [0.29, 0.717) is 11.4 Å². The minimum atomic E-state index is -0.996. The predicted octanol–water partition coefficient (Wildman–Crippen LogP) is 3.19. The Hall–Kier alpha value is -1.92. The van der Waals surface area contributed by atoms with E-state index in [-0.39, 0.29) is 5.91 Å². The number of carbonyl (C=O) groups excluding carboxylic acids is 1. The Bertz CT molecular complexity index is 657. The highest BCUT2D eigenvalue weighted by molar-refractivity contribution is 7.15. The normalized spacial score (nSPS) is 10.9. The lowest BCUT2D eigenvalue weighted by molar-refractivity contribution is -0.131. The van der Waals surface area contributed by atoms with E-state index in [0.717, 1.165) is 22.9 Å². The van der Waals surface area contributed by atoms with Gasteiger partial charge in [-0.05, 0) is 53.4 Å². The smallest absolute Gasteiger partial charge is 0.328 e. The molecule has 0 bridgehead atoms. The van der Waals surface area contributed by atoms with Crippen LogP contribution in [-0.2, 0) is 11.2 Å². The highest BCUT2D eigenvalue weighted by atomic mass is 32.1. The van der Waals surface area contributed by atoms with Crippen molar-refractivity contribution in [3.05, 3.63) is 49.9 Å². The Morgan fingerprint density at radius 2 is 2.24 bits per heavy atom. The number of aryl methyl sites for hydroxylation is 1. The third kappa shape index (κ3) is 4.54. The standard InChI is InChI=1S/C15H15NO3S2/c1-10-8-13(21-12(10)2-3-14(17)18)15(19)16-6-4-11-5-7-20-9-11/h2-3,5,7-9H,4,6H2,1H3,(H,16,19)(H,17,18)/b3-2+. The second-order valence-corrected chi connectivity index (χ2v) is 6.33. The van der Waals surface area contributed by atoms with E-state index < -0.39 is 5.97 Å². The van der Waals surface area contributed by atoms with Crippen LogP contribution in [0, 0.1) is 6.92 Å². The molecule has 2 aromatic rings. The molecule has 0 aliphatic carbocycles. The Morgan fingerprint density at radius 1 is 1.43 bits per heavy atom. The molecule has 0 aromatic carbocycles. The van der Waals surface area contributed by atoms with Crippen LogP contribution in [0.1, 0.15) is 25.7 Å². The summed E-state index contributed by atoms with van der Waals surface area (Å²) in [6.07, 6.45) is 3.41. The molecule has 6 heteroatoms. The number of rotatable bonds is 6. The number of carboxylic acid groups (broad SMARTS) is 1. The fourth-order valence-corrected chi connectivity index (χ4v) is 3.46. The Morgan fingerprint density at radius 3 is 2.90 bits per heavy atom. The number of aliphatic carboxylic acids is 1. The Kier molecular flexibility index (Phi) is 5.30.